The lowest BCUT2D eigenvalue weighted by atomic mass is 9.66. The molecule has 0 amide bonds. The summed E-state index contributed by atoms with van der Waals surface area (Å²) in [6.07, 6.45) is 3.58. The van der Waals surface area contributed by atoms with Crippen LogP contribution >= 0.6 is 0 Å². The van der Waals surface area contributed by atoms with E-state index in [9.17, 15) is 5.11 Å². The van der Waals surface area contributed by atoms with Gasteiger partial charge in [-0.05, 0) is 41.4 Å². The highest BCUT2D eigenvalue weighted by Crippen LogP contribution is 2.43. The molecule has 0 aliphatic rings. The normalized spacial score (nSPS) is 16.1. The second-order valence-electron chi connectivity index (χ2n) is 8.73. The van der Waals surface area contributed by atoms with Gasteiger partial charge in [0.15, 0.2) is 0 Å². The monoisotopic (exact) mass is 242 g/mol. The predicted molar refractivity (Wildman–Crippen MR) is 77.1 cm³/mol. The van der Waals surface area contributed by atoms with Gasteiger partial charge in [0.2, 0.25) is 0 Å². The van der Waals surface area contributed by atoms with Crippen LogP contribution in [0.15, 0.2) is 0 Å². The SMILES string of the molecule is CC(CO)CC(C)(C)CC(C)(C)CC(C)(C)C. The van der Waals surface area contributed by atoms with Crippen LogP contribution in [0.2, 0.25) is 0 Å². The van der Waals surface area contributed by atoms with Crippen LogP contribution in [0, 0.1) is 22.2 Å². The molecule has 1 atom stereocenters. The van der Waals surface area contributed by atoms with Crippen LogP contribution in [0.1, 0.15) is 74.7 Å². The number of aliphatic hydroxyl groups excluding tert-OH is 1. The van der Waals surface area contributed by atoms with Crippen LogP contribution in [0.4, 0.5) is 0 Å². The van der Waals surface area contributed by atoms with Crippen LogP contribution in [0.5, 0.6) is 0 Å². The zero-order valence-corrected chi connectivity index (χ0v) is 13.4. The fourth-order valence-electron chi connectivity index (χ4n) is 3.87. The first-order valence-corrected chi connectivity index (χ1v) is 6.98. The molecule has 0 aliphatic heterocycles. The first kappa shape index (κ1) is 17.0. The Kier molecular flexibility index (Phi) is 5.72. The Hall–Kier alpha value is -0.0400. The molecule has 0 aliphatic carbocycles. The molecule has 1 unspecified atom stereocenters. The molecule has 0 spiro atoms. The number of aliphatic hydroxyl groups is 1. The highest BCUT2D eigenvalue weighted by atomic mass is 16.3. The molecule has 1 N–H and O–H groups in total. The summed E-state index contributed by atoms with van der Waals surface area (Å²) in [6, 6.07) is 0. The lowest BCUT2D eigenvalue weighted by Gasteiger charge is -2.39. The molecular formula is C16H34O. The van der Waals surface area contributed by atoms with Crippen molar-refractivity contribution in [1.82, 2.24) is 0 Å². The van der Waals surface area contributed by atoms with Crippen molar-refractivity contribution in [2.75, 3.05) is 6.61 Å². The number of hydrogen-bond acceptors (Lipinski definition) is 1. The minimum Gasteiger partial charge on any atom is -0.396 e. The lowest BCUT2D eigenvalue weighted by Crippen LogP contribution is -2.29. The van der Waals surface area contributed by atoms with Gasteiger partial charge in [0.25, 0.3) is 0 Å². The van der Waals surface area contributed by atoms with Crippen molar-refractivity contribution >= 4 is 0 Å². The summed E-state index contributed by atoms with van der Waals surface area (Å²) in [5.74, 6) is 0.412. The Morgan fingerprint density at radius 3 is 1.65 bits per heavy atom. The summed E-state index contributed by atoms with van der Waals surface area (Å²) in [7, 11) is 0. The van der Waals surface area contributed by atoms with Crippen LogP contribution in [-0.2, 0) is 0 Å². The molecule has 1 heteroatoms. The van der Waals surface area contributed by atoms with E-state index in [1.165, 1.54) is 12.8 Å². The number of hydrogen-bond donors (Lipinski definition) is 1. The zero-order chi connectivity index (χ0) is 13.9. The van der Waals surface area contributed by atoms with Gasteiger partial charge in [-0.3, -0.25) is 0 Å². The summed E-state index contributed by atoms with van der Waals surface area (Å²) in [5.41, 5.74) is 1.08. The van der Waals surface area contributed by atoms with Gasteiger partial charge >= 0.3 is 0 Å². The van der Waals surface area contributed by atoms with Crippen LogP contribution in [0.25, 0.3) is 0 Å². The summed E-state index contributed by atoms with van der Waals surface area (Å²) in [6.45, 7) is 18.8. The fraction of sp³-hybridized carbons (Fsp3) is 1.00. The molecule has 1 nitrogen and oxygen atoms in total. The van der Waals surface area contributed by atoms with E-state index in [0.717, 1.165) is 6.42 Å². The molecule has 0 radical (unpaired) electrons. The van der Waals surface area contributed by atoms with E-state index in [-0.39, 0.29) is 0 Å². The molecule has 0 fully saturated rings. The quantitative estimate of drug-likeness (QED) is 0.703. The second kappa shape index (κ2) is 5.73. The van der Waals surface area contributed by atoms with Gasteiger partial charge in [-0.1, -0.05) is 55.4 Å². The largest absolute Gasteiger partial charge is 0.396 e. The topological polar surface area (TPSA) is 20.2 Å². The molecule has 0 bridgehead atoms. The highest BCUT2D eigenvalue weighted by molar-refractivity contribution is 4.83. The van der Waals surface area contributed by atoms with E-state index < -0.39 is 0 Å². The van der Waals surface area contributed by atoms with Gasteiger partial charge < -0.3 is 5.11 Å². The molecule has 0 heterocycles. The van der Waals surface area contributed by atoms with Gasteiger partial charge in [0.05, 0.1) is 0 Å². The maximum Gasteiger partial charge on any atom is 0.0456 e. The van der Waals surface area contributed by atoms with Gasteiger partial charge in [0, 0.05) is 6.61 Å². The zero-order valence-electron chi connectivity index (χ0n) is 13.4. The molecule has 17 heavy (non-hydrogen) atoms. The maximum atomic E-state index is 9.18. The molecule has 0 saturated carbocycles. The van der Waals surface area contributed by atoms with Crippen molar-refractivity contribution in [3.8, 4) is 0 Å². The fourth-order valence-corrected chi connectivity index (χ4v) is 3.87. The van der Waals surface area contributed by atoms with Crippen LogP contribution in [0.3, 0.4) is 0 Å². The third-order valence-electron chi connectivity index (χ3n) is 3.18. The third-order valence-corrected chi connectivity index (χ3v) is 3.18. The standard InChI is InChI=1S/C16H34O/c1-13(10-17)9-15(5,6)12-16(7,8)11-14(2,3)4/h13,17H,9-12H2,1-8H3. The Balaban J connectivity index is 4.47. The minimum atomic E-state index is 0.309. The average molecular weight is 242 g/mol. The summed E-state index contributed by atoms with van der Waals surface area (Å²) >= 11 is 0. The van der Waals surface area contributed by atoms with Crippen molar-refractivity contribution in [2.45, 2.75) is 74.7 Å². The van der Waals surface area contributed by atoms with E-state index in [4.69, 9.17) is 0 Å². The summed E-state index contributed by atoms with van der Waals surface area (Å²) in [4.78, 5) is 0. The molecule has 0 rings (SSSR count). The first-order chi connectivity index (χ1) is 7.37. The van der Waals surface area contributed by atoms with Crippen molar-refractivity contribution < 1.29 is 5.11 Å². The predicted octanol–water partition coefficient (Wildman–Crippen LogP) is 4.88. The van der Waals surface area contributed by atoms with Crippen molar-refractivity contribution in [3.63, 3.8) is 0 Å². The smallest absolute Gasteiger partial charge is 0.0456 e. The van der Waals surface area contributed by atoms with E-state index in [0.29, 0.717) is 28.8 Å². The summed E-state index contributed by atoms with van der Waals surface area (Å²) < 4.78 is 0. The van der Waals surface area contributed by atoms with Gasteiger partial charge in [-0.2, -0.15) is 0 Å². The number of rotatable bonds is 6. The third kappa shape index (κ3) is 8.65. The molecule has 104 valence electrons. The van der Waals surface area contributed by atoms with Crippen molar-refractivity contribution in [3.05, 3.63) is 0 Å². The Morgan fingerprint density at radius 2 is 1.29 bits per heavy atom. The van der Waals surface area contributed by atoms with Crippen LogP contribution < -0.4 is 0 Å². The van der Waals surface area contributed by atoms with Gasteiger partial charge in [0.1, 0.15) is 0 Å². The highest BCUT2D eigenvalue weighted by Gasteiger charge is 2.32. The van der Waals surface area contributed by atoms with Gasteiger partial charge in [-0.25, -0.2) is 0 Å². The first-order valence-electron chi connectivity index (χ1n) is 6.98. The van der Waals surface area contributed by atoms with Crippen molar-refractivity contribution in [1.29, 1.82) is 0 Å². The molecule has 0 aromatic heterocycles. The van der Waals surface area contributed by atoms with E-state index in [1.807, 2.05) is 0 Å². The van der Waals surface area contributed by atoms with E-state index >= 15 is 0 Å². The molecule has 0 aromatic rings. The van der Waals surface area contributed by atoms with Crippen LogP contribution in [-0.4, -0.2) is 11.7 Å². The maximum absolute atomic E-state index is 9.18. The Morgan fingerprint density at radius 1 is 0.824 bits per heavy atom. The van der Waals surface area contributed by atoms with E-state index in [1.54, 1.807) is 0 Å². The average Bonchev–Trinajstić information content (AvgIpc) is 1.94. The second-order valence-corrected chi connectivity index (χ2v) is 8.73. The molecular weight excluding hydrogens is 208 g/mol. The minimum absolute atomic E-state index is 0.309. The molecule has 0 saturated heterocycles. The van der Waals surface area contributed by atoms with Crippen molar-refractivity contribution in [2.24, 2.45) is 22.2 Å². The molecule has 0 aromatic carbocycles. The van der Waals surface area contributed by atoms with Gasteiger partial charge in [-0.15, -0.1) is 0 Å². The Labute approximate surface area is 109 Å². The lowest BCUT2D eigenvalue weighted by molar-refractivity contribution is 0.102. The summed E-state index contributed by atoms with van der Waals surface area (Å²) in [5, 5.41) is 9.18. The van der Waals surface area contributed by atoms with E-state index in [2.05, 4.69) is 55.4 Å². The Bertz CT molecular complexity index is 220.